The molecule has 0 aliphatic heterocycles. The standard InChI is InChI=1S/C20H30O2/c1-6-11-19(14-9-12-17(4)5)15-10-13-18(7-2)16-20(21)22-8-3/h6-7,12,15-16H,1-2,8-11,13-14H2,3-5H3/b18-16+,19-15+. The molecule has 2 nitrogen and oxygen atoms in total. The molecule has 0 unspecified atom stereocenters. The van der Waals surface area contributed by atoms with Gasteiger partial charge in [0.2, 0.25) is 0 Å². The lowest BCUT2D eigenvalue weighted by atomic mass is 10.0. The zero-order valence-electron chi connectivity index (χ0n) is 14.4. The highest BCUT2D eigenvalue weighted by atomic mass is 16.5. The maximum absolute atomic E-state index is 11.4. The summed E-state index contributed by atoms with van der Waals surface area (Å²) in [6, 6.07) is 0. The Bertz CT molecular complexity index is 446. The number of hydrogen-bond acceptors (Lipinski definition) is 2. The summed E-state index contributed by atoms with van der Waals surface area (Å²) in [6.07, 6.45) is 14.4. The highest BCUT2D eigenvalue weighted by Gasteiger charge is 2.00. The summed E-state index contributed by atoms with van der Waals surface area (Å²) in [6.45, 7) is 14.0. The minimum absolute atomic E-state index is 0.295. The zero-order valence-corrected chi connectivity index (χ0v) is 14.4. The fourth-order valence-corrected chi connectivity index (χ4v) is 2.03. The molecule has 122 valence electrons. The zero-order chi connectivity index (χ0) is 16.8. The Hall–Kier alpha value is -1.83. The fraction of sp³-hybridized carbons (Fsp3) is 0.450. The average Bonchev–Trinajstić information content (AvgIpc) is 2.46. The topological polar surface area (TPSA) is 26.3 Å². The summed E-state index contributed by atoms with van der Waals surface area (Å²) in [4.78, 5) is 11.4. The molecule has 0 saturated heterocycles. The van der Waals surface area contributed by atoms with Crippen molar-refractivity contribution in [3.8, 4) is 0 Å². The van der Waals surface area contributed by atoms with Gasteiger partial charge in [-0.2, -0.15) is 0 Å². The number of esters is 1. The lowest BCUT2D eigenvalue weighted by Crippen LogP contribution is -2.00. The molecule has 0 heterocycles. The van der Waals surface area contributed by atoms with Crippen molar-refractivity contribution in [2.45, 2.75) is 52.9 Å². The first-order valence-corrected chi connectivity index (χ1v) is 7.95. The van der Waals surface area contributed by atoms with E-state index in [1.807, 2.05) is 6.08 Å². The lowest BCUT2D eigenvalue weighted by molar-refractivity contribution is -0.137. The van der Waals surface area contributed by atoms with Crippen LogP contribution in [-0.2, 0) is 9.53 Å². The summed E-state index contributed by atoms with van der Waals surface area (Å²) in [5, 5.41) is 0. The van der Waals surface area contributed by atoms with Gasteiger partial charge in [-0.15, -0.1) is 6.58 Å². The minimum atomic E-state index is -0.295. The van der Waals surface area contributed by atoms with Gasteiger partial charge in [-0.05, 0) is 58.4 Å². The van der Waals surface area contributed by atoms with Crippen LogP contribution in [0.2, 0.25) is 0 Å². The van der Waals surface area contributed by atoms with Crippen LogP contribution in [0.5, 0.6) is 0 Å². The quantitative estimate of drug-likeness (QED) is 0.212. The van der Waals surface area contributed by atoms with Gasteiger partial charge in [0.1, 0.15) is 0 Å². The second-order valence-electron chi connectivity index (χ2n) is 5.39. The molecule has 0 radical (unpaired) electrons. The molecule has 0 aromatic heterocycles. The third kappa shape index (κ3) is 10.9. The van der Waals surface area contributed by atoms with E-state index in [1.54, 1.807) is 13.0 Å². The lowest BCUT2D eigenvalue weighted by Gasteiger charge is -2.05. The summed E-state index contributed by atoms with van der Waals surface area (Å²) >= 11 is 0. The number of carbonyl (C=O) groups is 1. The monoisotopic (exact) mass is 302 g/mol. The first-order valence-electron chi connectivity index (χ1n) is 7.95. The number of hydrogen-bond donors (Lipinski definition) is 0. The molecule has 0 amide bonds. The summed E-state index contributed by atoms with van der Waals surface area (Å²) in [7, 11) is 0. The van der Waals surface area contributed by atoms with Gasteiger partial charge in [-0.25, -0.2) is 4.79 Å². The van der Waals surface area contributed by atoms with Crippen molar-refractivity contribution in [1.82, 2.24) is 0 Å². The van der Waals surface area contributed by atoms with Crippen LogP contribution in [0.4, 0.5) is 0 Å². The van der Waals surface area contributed by atoms with E-state index < -0.39 is 0 Å². The van der Waals surface area contributed by atoms with Crippen LogP contribution in [0.15, 0.2) is 60.3 Å². The van der Waals surface area contributed by atoms with Crippen LogP contribution < -0.4 is 0 Å². The fourth-order valence-electron chi connectivity index (χ4n) is 2.03. The highest BCUT2D eigenvalue weighted by Crippen LogP contribution is 2.16. The van der Waals surface area contributed by atoms with Gasteiger partial charge in [-0.3, -0.25) is 0 Å². The molecular weight excluding hydrogens is 272 g/mol. The highest BCUT2D eigenvalue weighted by molar-refractivity contribution is 5.83. The van der Waals surface area contributed by atoms with E-state index >= 15 is 0 Å². The van der Waals surface area contributed by atoms with E-state index in [9.17, 15) is 4.79 Å². The number of allylic oxidation sites excluding steroid dienone is 7. The van der Waals surface area contributed by atoms with E-state index in [1.165, 1.54) is 17.2 Å². The predicted molar refractivity (Wildman–Crippen MR) is 95.7 cm³/mol. The Labute approximate surface area is 136 Å². The smallest absolute Gasteiger partial charge is 0.331 e. The molecule has 0 aromatic carbocycles. The van der Waals surface area contributed by atoms with Gasteiger partial charge < -0.3 is 4.74 Å². The SMILES string of the molecule is C=CC/C(=C\CC/C(C=C)=C/C(=O)OCC)CCC=C(C)C. The van der Waals surface area contributed by atoms with Crippen molar-refractivity contribution in [3.05, 3.63) is 60.3 Å². The summed E-state index contributed by atoms with van der Waals surface area (Å²) in [5.74, 6) is -0.295. The van der Waals surface area contributed by atoms with E-state index in [0.29, 0.717) is 6.61 Å². The average molecular weight is 302 g/mol. The second-order valence-corrected chi connectivity index (χ2v) is 5.39. The molecule has 0 aliphatic rings. The van der Waals surface area contributed by atoms with Gasteiger partial charge in [0, 0.05) is 6.08 Å². The molecule has 0 fully saturated rings. The van der Waals surface area contributed by atoms with Crippen LogP contribution in [-0.4, -0.2) is 12.6 Å². The van der Waals surface area contributed by atoms with E-state index in [-0.39, 0.29) is 5.97 Å². The van der Waals surface area contributed by atoms with Crippen molar-refractivity contribution in [1.29, 1.82) is 0 Å². The van der Waals surface area contributed by atoms with Crippen LogP contribution >= 0.6 is 0 Å². The maximum atomic E-state index is 11.4. The molecule has 0 aliphatic carbocycles. The van der Waals surface area contributed by atoms with Gasteiger partial charge in [0.25, 0.3) is 0 Å². The van der Waals surface area contributed by atoms with Crippen LogP contribution in [0.3, 0.4) is 0 Å². The molecular formula is C20H30O2. The van der Waals surface area contributed by atoms with Crippen molar-refractivity contribution >= 4 is 5.97 Å². The van der Waals surface area contributed by atoms with E-state index in [0.717, 1.165) is 37.7 Å². The Morgan fingerprint density at radius 3 is 2.32 bits per heavy atom. The van der Waals surface area contributed by atoms with E-state index in [4.69, 9.17) is 4.74 Å². The number of rotatable bonds is 11. The maximum Gasteiger partial charge on any atom is 0.331 e. The Morgan fingerprint density at radius 2 is 1.77 bits per heavy atom. The number of carbonyl (C=O) groups excluding carboxylic acids is 1. The van der Waals surface area contributed by atoms with Crippen molar-refractivity contribution in [2.75, 3.05) is 6.61 Å². The molecule has 2 heteroatoms. The molecule has 0 bridgehead atoms. The predicted octanol–water partition coefficient (Wildman–Crippen LogP) is 5.69. The van der Waals surface area contributed by atoms with Crippen LogP contribution in [0, 0.1) is 0 Å². The molecule has 0 aromatic rings. The third-order valence-electron chi connectivity index (χ3n) is 3.14. The first kappa shape index (κ1) is 20.2. The molecule has 0 spiro atoms. The molecule has 0 rings (SSSR count). The summed E-state index contributed by atoms with van der Waals surface area (Å²) in [5.41, 5.74) is 3.66. The van der Waals surface area contributed by atoms with Gasteiger partial charge >= 0.3 is 5.97 Å². The van der Waals surface area contributed by atoms with Crippen molar-refractivity contribution in [3.63, 3.8) is 0 Å². The van der Waals surface area contributed by atoms with Crippen LogP contribution in [0.1, 0.15) is 52.9 Å². The molecule has 0 atom stereocenters. The van der Waals surface area contributed by atoms with E-state index in [2.05, 4.69) is 39.2 Å². The molecule has 0 N–H and O–H groups in total. The van der Waals surface area contributed by atoms with Crippen LogP contribution in [0.25, 0.3) is 0 Å². The van der Waals surface area contributed by atoms with Gasteiger partial charge in [-0.1, -0.05) is 42.0 Å². The van der Waals surface area contributed by atoms with Gasteiger partial charge in [0.15, 0.2) is 0 Å². The summed E-state index contributed by atoms with van der Waals surface area (Å²) < 4.78 is 4.92. The number of ether oxygens (including phenoxy) is 1. The molecule has 22 heavy (non-hydrogen) atoms. The Morgan fingerprint density at radius 1 is 1.09 bits per heavy atom. The Kier molecular flexibility index (Phi) is 11.8. The second kappa shape index (κ2) is 12.9. The molecule has 0 saturated carbocycles. The Balaban J connectivity index is 4.53. The van der Waals surface area contributed by atoms with Crippen molar-refractivity contribution in [2.24, 2.45) is 0 Å². The largest absolute Gasteiger partial charge is 0.463 e. The normalized spacial score (nSPS) is 11.8. The first-order chi connectivity index (χ1) is 10.5. The van der Waals surface area contributed by atoms with Crippen molar-refractivity contribution < 1.29 is 9.53 Å². The van der Waals surface area contributed by atoms with Gasteiger partial charge in [0.05, 0.1) is 6.61 Å². The minimum Gasteiger partial charge on any atom is -0.463 e. The third-order valence-corrected chi connectivity index (χ3v) is 3.14.